The van der Waals surface area contributed by atoms with Gasteiger partial charge in [0.15, 0.2) is 5.96 Å². The molecule has 0 aromatic carbocycles. The van der Waals surface area contributed by atoms with Crippen molar-refractivity contribution in [1.82, 2.24) is 15.5 Å². The van der Waals surface area contributed by atoms with Gasteiger partial charge in [-0.25, -0.2) is 0 Å². The summed E-state index contributed by atoms with van der Waals surface area (Å²) in [7, 11) is 2.26. The zero-order valence-electron chi connectivity index (χ0n) is 14.1. The van der Waals surface area contributed by atoms with Gasteiger partial charge in [-0.05, 0) is 45.4 Å². The first kappa shape index (κ1) is 20.4. The predicted octanol–water partition coefficient (Wildman–Crippen LogP) is 2.93. The van der Waals surface area contributed by atoms with Crippen molar-refractivity contribution in [3.63, 3.8) is 0 Å². The van der Waals surface area contributed by atoms with E-state index in [0.717, 1.165) is 43.4 Å². The third kappa shape index (κ3) is 7.25. The number of likely N-dealkylation sites (N-methyl/N-ethyl adjacent to an activating group) is 1. The van der Waals surface area contributed by atoms with Gasteiger partial charge in [0.1, 0.15) is 0 Å². The summed E-state index contributed by atoms with van der Waals surface area (Å²) >= 11 is 2.08. The molecule has 0 amide bonds. The molecule has 2 N–H and O–H groups in total. The molecule has 130 valence electrons. The summed E-state index contributed by atoms with van der Waals surface area (Å²) < 4.78 is 0. The van der Waals surface area contributed by atoms with Crippen LogP contribution in [-0.4, -0.2) is 61.1 Å². The van der Waals surface area contributed by atoms with Gasteiger partial charge in [-0.2, -0.15) is 11.8 Å². The van der Waals surface area contributed by atoms with Crippen molar-refractivity contribution in [3.05, 3.63) is 0 Å². The molecule has 0 bridgehead atoms. The Balaban J connectivity index is 0.00000242. The fraction of sp³-hybridized carbons (Fsp3) is 0.938. The van der Waals surface area contributed by atoms with Crippen molar-refractivity contribution in [3.8, 4) is 0 Å². The van der Waals surface area contributed by atoms with Crippen LogP contribution in [0.25, 0.3) is 0 Å². The van der Waals surface area contributed by atoms with Crippen LogP contribution < -0.4 is 10.6 Å². The maximum atomic E-state index is 4.74. The zero-order valence-corrected chi connectivity index (χ0v) is 17.3. The number of nitrogens with one attached hydrogen (secondary N) is 2. The maximum absolute atomic E-state index is 4.74. The molecule has 1 unspecified atom stereocenters. The minimum absolute atomic E-state index is 0. The second-order valence-electron chi connectivity index (χ2n) is 6.20. The van der Waals surface area contributed by atoms with Gasteiger partial charge in [0, 0.05) is 30.9 Å². The highest BCUT2D eigenvalue weighted by molar-refractivity contribution is 14.0. The van der Waals surface area contributed by atoms with E-state index in [1.54, 1.807) is 0 Å². The fourth-order valence-electron chi connectivity index (χ4n) is 3.20. The lowest BCUT2D eigenvalue weighted by molar-refractivity contribution is 0.249. The molecule has 1 aliphatic carbocycles. The maximum Gasteiger partial charge on any atom is 0.191 e. The number of aliphatic imine (C=N–C) groups is 1. The number of nitrogens with zero attached hydrogens (tertiary/aromatic N) is 2. The van der Waals surface area contributed by atoms with E-state index in [-0.39, 0.29) is 24.0 Å². The minimum atomic E-state index is 0. The minimum Gasteiger partial charge on any atom is -0.357 e. The molecule has 2 rings (SSSR count). The lowest BCUT2D eigenvalue weighted by Gasteiger charge is -2.24. The Labute approximate surface area is 157 Å². The Bertz CT molecular complexity index is 315. The van der Waals surface area contributed by atoms with Crippen LogP contribution in [0.1, 0.15) is 45.4 Å². The van der Waals surface area contributed by atoms with Gasteiger partial charge in [-0.3, -0.25) is 4.99 Å². The normalized spacial score (nSPS) is 22.9. The Hall–Kier alpha value is 0.310. The number of halogens is 1. The average Bonchev–Trinajstić information content (AvgIpc) is 3.17. The molecule has 1 atom stereocenters. The number of hydrogen-bond acceptors (Lipinski definition) is 3. The highest BCUT2D eigenvalue weighted by atomic mass is 127. The topological polar surface area (TPSA) is 39.7 Å². The quantitative estimate of drug-likeness (QED) is 0.363. The van der Waals surface area contributed by atoms with Crippen LogP contribution in [0, 0.1) is 0 Å². The van der Waals surface area contributed by atoms with Gasteiger partial charge in [-0.15, -0.1) is 24.0 Å². The molecular weight excluding hydrogens is 407 g/mol. The molecule has 1 heterocycles. The second kappa shape index (κ2) is 11.8. The van der Waals surface area contributed by atoms with E-state index in [2.05, 4.69) is 41.3 Å². The highest BCUT2D eigenvalue weighted by Crippen LogP contribution is 2.26. The predicted molar refractivity (Wildman–Crippen MR) is 110 cm³/mol. The van der Waals surface area contributed by atoms with E-state index in [9.17, 15) is 0 Å². The summed E-state index contributed by atoms with van der Waals surface area (Å²) in [4.78, 5) is 7.26. The van der Waals surface area contributed by atoms with Gasteiger partial charge in [-0.1, -0.05) is 12.8 Å². The first-order valence-electron chi connectivity index (χ1n) is 8.63. The van der Waals surface area contributed by atoms with E-state index in [0.29, 0.717) is 0 Å². The molecular formula is C16H33IN4S. The van der Waals surface area contributed by atoms with Gasteiger partial charge in [0.2, 0.25) is 0 Å². The van der Waals surface area contributed by atoms with E-state index in [4.69, 9.17) is 4.99 Å². The third-order valence-corrected chi connectivity index (χ3v) is 5.91. The van der Waals surface area contributed by atoms with E-state index in [1.165, 1.54) is 44.3 Å². The number of rotatable bonds is 7. The molecule has 2 fully saturated rings. The number of thioether (sulfide) groups is 1. The smallest absolute Gasteiger partial charge is 0.191 e. The fourth-order valence-corrected chi connectivity index (χ4v) is 4.38. The molecule has 0 aromatic heterocycles. The molecule has 0 radical (unpaired) electrons. The van der Waals surface area contributed by atoms with Crippen molar-refractivity contribution in [2.75, 3.05) is 39.0 Å². The van der Waals surface area contributed by atoms with Crippen molar-refractivity contribution in [2.45, 2.75) is 56.7 Å². The van der Waals surface area contributed by atoms with Crippen LogP contribution in [0.3, 0.4) is 0 Å². The van der Waals surface area contributed by atoms with Gasteiger partial charge < -0.3 is 15.5 Å². The van der Waals surface area contributed by atoms with Crippen molar-refractivity contribution >= 4 is 41.7 Å². The Morgan fingerprint density at radius 2 is 1.95 bits per heavy atom. The molecule has 1 aliphatic heterocycles. The zero-order chi connectivity index (χ0) is 14.9. The second-order valence-corrected chi connectivity index (χ2v) is 7.61. The Morgan fingerprint density at radius 3 is 2.59 bits per heavy atom. The summed E-state index contributed by atoms with van der Waals surface area (Å²) in [5.74, 6) is 2.31. The molecule has 0 aromatic rings. The van der Waals surface area contributed by atoms with E-state index < -0.39 is 0 Å². The third-order valence-electron chi connectivity index (χ3n) is 4.53. The Morgan fingerprint density at radius 1 is 1.18 bits per heavy atom. The molecule has 1 saturated heterocycles. The summed E-state index contributed by atoms with van der Waals surface area (Å²) in [6.45, 7) is 6.11. The van der Waals surface area contributed by atoms with Gasteiger partial charge >= 0.3 is 0 Å². The highest BCUT2D eigenvalue weighted by Gasteiger charge is 2.19. The van der Waals surface area contributed by atoms with Crippen LogP contribution in [0.15, 0.2) is 4.99 Å². The lowest BCUT2D eigenvalue weighted by Crippen LogP contribution is -2.42. The van der Waals surface area contributed by atoms with Crippen LogP contribution >= 0.6 is 35.7 Å². The van der Waals surface area contributed by atoms with E-state index >= 15 is 0 Å². The van der Waals surface area contributed by atoms with Crippen LogP contribution in [0.4, 0.5) is 0 Å². The van der Waals surface area contributed by atoms with Crippen LogP contribution in [0.5, 0.6) is 0 Å². The first-order chi connectivity index (χ1) is 10.3. The average molecular weight is 440 g/mol. The molecule has 4 nitrogen and oxygen atoms in total. The summed E-state index contributed by atoms with van der Waals surface area (Å²) in [6.07, 6.45) is 8.27. The largest absolute Gasteiger partial charge is 0.357 e. The van der Waals surface area contributed by atoms with Crippen LogP contribution in [0.2, 0.25) is 0 Å². The summed E-state index contributed by atoms with van der Waals surface area (Å²) in [5, 5.41) is 7.59. The number of hydrogen-bond donors (Lipinski definition) is 2. The van der Waals surface area contributed by atoms with Crippen molar-refractivity contribution in [2.24, 2.45) is 4.99 Å². The van der Waals surface area contributed by atoms with Gasteiger partial charge in [0.05, 0.1) is 6.54 Å². The molecule has 2 aliphatic rings. The molecule has 0 spiro atoms. The lowest BCUT2D eigenvalue weighted by atomic mass is 10.2. The van der Waals surface area contributed by atoms with Gasteiger partial charge in [0.25, 0.3) is 0 Å². The summed E-state index contributed by atoms with van der Waals surface area (Å²) in [6, 6.07) is 0.807. The van der Waals surface area contributed by atoms with E-state index in [1.807, 2.05) is 0 Å². The number of guanidine groups is 1. The monoisotopic (exact) mass is 440 g/mol. The van der Waals surface area contributed by atoms with Crippen molar-refractivity contribution < 1.29 is 0 Å². The Kier molecular flexibility index (Phi) is 10.9. The van der Waals surface area contributed by atoms with Crippen LogP contribution in [-0.2, 0) is 0 Å². The summed E-state index contributed by atoms with van der Waals surface area (Å²) in [5.41, 5.74) is 0. The molecule has 6 heteroatoms. The van der Waals surface area contributed by atoms with Crippen molar-refractivity contribution in [1.29, 1.82) is 0 Å². The molecule has 22 heavy (non-hydrogen) atoms. The molecule has 1 saturated carbocycles. The SMILES string of the molecule is CCNC(=NCC1CCCS1)NCCN(C)C1CCCC1.I. The first-order valence-corrected chi connectivity index (χ1v) is 9.68. The standard InChI is InChI=1S/C16H32N4S.HI/c1-3-17-16(19-13-15-9-6-12-21-15)18-10-11-20(2)14-7-4-5-8-14;/h14-15H,3-13H2,1-2H3,(H2,17,18,19);1H.